The first kappa shape index (κ1) is 52.1. The molecule has 7 aliphatic rings. The van der Waals surface area contributed by atoms with Crippen molar-refractivity contribution in [3.63, 3.8) is 0 Å². The van der Waals surface area contributed by atoms with Crippen molar-refractivity contribution in [3.8, 4) is 34.0 Å². The Kier molecular flexibility index (Phi) is 13.1. The number of anilines is 1. The number of benzene rings is 3. The summed E-state index contributed by atoms with van der Waals surface area (Å²) in [6.07, 6.45) is 13.6. The molecule has 20 heteroatoms. The first-order chi connectivity index (χ1) is 39.3. The number of para-hydroxylation sites is 1. The number of aromatic hydroxyl groups is 1. The van der Waals surface area contributed by atoms with Gasteiger partial charge >= 0.3 is 0 Å². The number of aromatic nitrogens is 6. The summed E-state index contributed by atoms with van der Waals surface area (Å²) in [5.74, 6) is 0.836. The summed E-state index contributed by atoms with van der Waals surface area (Å²) in [4.78, 5) is 48.5. The second kappa shape index (κ2) is 20.4. The number of hydrogen-bond acceptors (Lipinski definition) is 16. The smallest absolute Gasteiger partial charge is 0.273 e. The first-order valence-electron chi connectivity index (χ1n) is 28.7. The Bertz CT molecular complexity index is 3510. The van der Waals surface area contributed by atoms with Crippen LogP contribution in [0.3, 0.4) is 0 Å². The number of piperidine rings is 2. The molecule has 6 aliphatic heterocycles. The number of amidine groups is 1. The van der Waals surface area contributed by atoms with Gasteiger partial charge in [-0.15, -0.1) is 10.2 Å². The van der Waals surface area contributed by atoms with Crippen LogP contribution in [0.4, 0.5) is 10.1 Å². The van der Waals surface area contributed by atoms with Crippen LogP contribution in [-0.2, 0) is 20.9 Å². The summed E-state index contributed by atoms with van der Waals surface area (Å²) in [6, 6.07) is 24.0. The summed E-state index contributed by atoms with van der Waals surface area (Å²) in [6.45, 7) is 9.68. The summed E-state index contributed by atoms with van der Waals surface area (Å²) in [7, 11) is 0. The summed E-state index contributed by atoms with van der Waals surface area (Å²) in [5.41, 5.74) is 8.16. The molecular weight excluding hydrogens is 1050 g/mol. The molecule has 4 aromatic heterocycles. The molecule has 7 aromatic rings. The van der Waals surface area contributed by atoms with Gasteiger partial charge in [-0.1, -0.05) is 80.0 Å². The minimum atomic E-state index is -1.13. The largest absolute Gasteiger partial charge is 0.507 e. The van der Waals surface area contributed by atoms with Crippen LogP contribution in [0.25, 0.3) is 33.4 Å². The van der Waals surface area contributed by atoms with Gasteiger partial charge in [0.25, 0.3) is 5.88 Å². The van der Waals surface area contributed by atoms with E-state index in [1.165, 1.54) is 11.6 Å². The molecule has 0 bridgehead atoms. The number of hydroxylamine groups is 1. The summed E-state index contributed by atoms with van der Waals surface area (Å²) >= 11 is 7.02. The topological polar surface area (TPSA) is 207 Å². The highest BCUT2D eigenvalue weighted by Crippen LogP contribution is 2.59. The molecule has 1 aliphatic carbocycles. The SMILES string of the molecule is CC(C)[C@@H](C(=O)N1C[C@H](O)C[C@H]1C1=N[C@@](C)(c2ccc(-c3ccccc3F)cc2)ON1)c1onc(OC2CCC(N3CCC(c4cnc(C56CC7CN(c8c[nH]c9nnc(-c%10ccccc%10O)cc89)CC(C5)N76)nc4)CC3)CC2)c1Cl. The third-order valence-corrected chi connectivity index (χ3v) is 19.1. The van der Waals surface area contributed by atoms with Gasteiger partial charge in [0.05, 0.1) is 29.1 Å². The number of aliphatic hydroxyl groups is 1. The van der Waals surface area contributed by atoms with E-state index in [1.54, 1.807) is 29.2 Å². The van der Waals surface area contributed by atoms with Gasteiger partial charge in [0, 0.05) is 84.8 Å². The van der Waals surface area contributed by atoms with E-state index in [-0.39, 0.29) is 64.7 Å². The highest BCUT2D eigenvalue weighted by atomic mass is 35.5. The van der Waals surface area contributed by atoms with Gasteiger partial charge in [-0.25, -0.2) is 29.7 Å². The number of hydrogen-bond donors (Lipinski definition) is 4. The Morgan fingerprint density at radius 2 is 1.60 bits per heavy atom. The number of aliphatic hydroxyl groups excluding tert-OH is 1. The van der Waals surface area contributed by atoms with Crippen LogP contribution in [-0.4, -0.2) is 136 Å². The maximum absolute atomic E-state index is 14.6. The van der Waals surface area contributed by atoms with Gasteiger partial charge in [-0.05, 0) is 124 Å². The van der Waals surface area contributed by atoms with Gasteiger partial charge in [0.1, 0.15) is 40.3 Å². The number of phenols is 1. The Morgan fingerprint density at radius 1 is 0.889 bits per heavy atom. The highest BCUT2D eigenvalue weighted by molar-refractivity contribution is 6.32. The van der Waals surface area contributed by atoms with Crippen molar-refractivity contribution >= 4 is 40.1 Å². The van der Waals surface area contributed by atoms with E-state index >= 15 is 0 Å². The standard InChI is InChI=1S/C61H66ClFN12O6/c1-34(2)52(58(78)74-33-42(76)24-49(74)56-67-60(3,81-70-56)38-14-12-36(13-15-38)44-8-4-6-10-47(44)63)54-53(62)57(71-80-54)79-43-18-16-39(17-19-43)72-22-20-35(21-23-72)37-28-65-59(66-29-37)61-26-40-31-73(32-41(27-61)75(40)61)50-30-64-55-46(50)25-48(68-69-55)45-9-5-7-11-51(45)77/h4-15,25,28-30,34-35,39-43,49,52,76-77H,16-24,26-27,31-33H2,1-3H3,(H,64,69)(H,67,70)/t39?,40?,41?,42-,43?,49+,52-,60-,61?/m1/s1. The van der Waals surface area contributed by atoms with E-state index < -0.39 is 23.8 Å². The molecular formula is C61H66ClFN12O6. The lowest BCUT2D eigenvalue weighted by Crippen LogP contribution is -2.82. The molecule has 4 N–H and O–H groups in total. The number of carbonyl (C=O) groups excluding carboxylic acids is 1. The van der Waals surface area contributed by atoms with Gasteiger partial charge in [0.15, 0.2) is 11.4 Å². The number of β-amino-alcohol motifs (C(OH)–C–C–N with tert-alkyl or cyclic N) is 1. The number of aliphatic imine (C=N–C) groups is 1. The van der Waals surface area contributed by atoms with Crippen molar-refractivity contribution in [3.05, 3.63) is 131 Å². The quantitative estimate of drug-likeness (QED) is 0.0849. The fourth-order valence-electron chi connectivity index (χ4n) is 14.6. The molecule has 0 radical (unpaired) electrons. The number of likely N-dealkylation sites (tertiary alicyclic amines) is 2. The maximum atomic E-state index is 14.6. The number of amides is 1. The van der Waals surface area contributed by atoms with Crippen LogP contribution in [0.2, 0.25) is 5.02 Å². The number of phenolic OH excluding ortho intramolecular Hbond substituents is 1. The third kappa shape index (κ3) is 9.10. The van der Waals surface area contributed by atoms with Crippen molar-refractivity contribution in [2.75, 3.05) is 37.6 Å². The molecule has 420 valence electrons. The maximum Gasteiger partial charge on any atom is 0.273 e. The number of fused-ring (bicyclic) bond motifs is 1. The predicted octanol–water partition coefficient (Wildman–Crippen LogP) is 9.21. The number of carbonyl (C=O) groups is 1. The van der Waals surface area contributed by atoms with Crippen molar-refractivity contribution in [1.82, 2.24) is 50.5 Å². The molecule has 18 nitrogen and oxygen atoms in total. The Balaban J connectivity index is 0.557. The van der Waals surface area contributed by atoms with E-state index in [4.69, 9.17) is 40.7 Å². The second-order valence-corrected chi connectivity index (χ2v) is 24.3. The number of ether oxygens (including phenoxy) is 1. The fourth-order valence-corrected chi connectivity index (χ4v) is 14.8. The first-order valence-corrected chi connectivity index (χ1v) is 29.1. The summed E-state index contributed by atoms with van der Waals surface area (Å²) < 4.78 is 26.9. The molecule has 5 saturated heterocycles. The average molecular weight is 1120 g/mol. The minimum Gasteiger partial charge on any atom is -0.507 e. The van der Waals surface area contributed by atoms with Crippen LogP contribution in [0.5, 0.6) is 11.6 Å². The number of nitrogens with one attached hydrogen (secondary N) is 2. The van der Waals surface area contributed by atoms with Crippen LogP contribution in [0, 0.1) is 11.7 Å². The van der Waals surface area contributed by atoms with Crippen LogP contribution < -0.4 is 15.1 Å². The van der Waals surface area contributed by atoms with Crippen molar-refractivity contribution in [2.24, 2.45) is 10.9 Å². The van der Waals surface area contributed by atoms with E-state index in [1.807, 2.05) is 75.5 Å². The average Bonchev–Trinajstić information content (AvgIpc) is 3.22. The molecule has 10 heterocycles. The zero-order valence-corrected chi connectivity index (χ0v) is 46.3. The highest BCUT2D eigenvalue weighted by Gasteiger charge is 2.67. The molecule has 0 spiro atoms. The molecule has 1 saturated carbocycles. The summed E-state index contributed by atoms with van der Waals surface area (Å²) in [5, 5.41) is 35.8. The Hall–Kier alpha value is -7.03. The second-order valence-electron chi connectivity index (χ2n) is 24.0. The predicted molar refractivity (Wildman–Crippen MR) is 302 cm³/mol. The van der Waals surface area contributed by atoms with Crippen molar-refractivity contribution in [2.45, 2.75) is 138 Å². The van der Waals surface area contributed by atoms with Crippen LogP contribution >= 0.6 is 11.6 Å². The molecule has 2 unspecified atom stereocenters. The van der Waals surface area contributed by atoms with Gasteiger partial charge < -0.3 is 39.2 Å². The number of aromatic amines is 1. The van der Waals surface area contributed by atoms with Gasteiger partial charge in [-0.3, -0.25) is 9.69 Å². The molecule has 1 amide bonds. The lowest BCUT2D eigenvalue weighted by Gasteiger charge is -2.72. The Labute approximate surface area is 473 Å². The molecule has 6 atom stereocenters. The third-order valence-electron chi connectivity index (χ3n) is 18.8. The molecule has 6 fully saturated rings. The zero-order valence-electron chi connectivity index (χ0n) is 45.6. The van der Waals surface area contributed by atoms with Crippen molar-refractivity contribution in [1.29, 1.82) is 0 Å². The number of rotatable bonds is 13. The molecule has 3 aromatic carbocycles. The number of H-pyrrole nitrogens is 1. The van der Waals surface area contributed by atoms with Crippen molar-refractivity contribution < 1.29 is 33.5 Å². The van der Waals surface area contributed by atoms with Gasteiger partial charge in [0.2, 0.25) is 11.6 Å². The van der Waals surface area contributed by atoms with Gasteiger partial charge in [-0.2, -0.15) is 0 Å². The van der Waals surface area contributed by atoms with E-state index in [0.717, 1.165) is 111 Å². The molecule has 14 rings (SSSR count). The number of piperazine rings is 1. The van der Waals surface area contributed by atoms with Crippen LogP contribution in [0.15, 0.2) is 107 Å². The number of halogens is 2. The Morgan fingerprint density at radius 3 is 2.32 bits per heavy atom. The normalized spacial score (nSPS) is 28.1. The minimum absolute atomic E-state index is 0.0645. The monoisotopic (exact) mass is 1120 g/mol. The number of nitrogens with zero attached hydrogens (tertiary/aromatic N) is 10. The fraction of sp³-hybridized carbons (Fsp3) is 0.459. The van der Waals surface area contributed by atoms with E-state index in [2.05, 4.69) is 52.9 Å². The molecule has 81 heavy (non-hydrogen) atoms. The lowest BCUT2D eigenvalue weighted by atomic mass is 9.62. The van der Waals surface area contributed by atoms with E-state index in [0.29, 0.717) is 46.7 Å². The van der Waals surface area contributed by atoms with Crippen LogP contribution in [0.1, 0.15) is 113 Å². The van der Waals surface area contributed by atoms with E-state index in [9.17, 15) is 19.4 Å². The lowest BCUT2D eigenvalue weighted by molar-refractivity contribution is -0.216. The zero-order chi connectivity index (χ0) is 55.3.